The molecule has 3 aromatic rings. The molecule has 0 aliphatic rings. The lowest BCUT2D eigenvalue weighted by molar-refractivity contribution is -0.113. The maximum absolute atomic E-state index is 12.5. The van der Waals surface area contributed by atoms with Gasteiger partial charge in [-0.2, -0.15) is 0 Å². The molecule has 0 aliphatic carbocycles. The average Bonchev–Trinajstić information content (AvgIpc) is 3.12. The number of nitrogens with one attached hydrogen (secondary N) is 2. The van der Waals surface area contributed by atoms with Crippen LogP contribution in [0.15, 0.2) is 41.6 Å². The molecule has 2 N–H and O–H groups in total. The highest BCUT2D eigenvalue weighted by Gasteiger charge is 2.14. The van der Waals surface area contributed by atoms with Crippen molar-refractivity contribution in [3.63, 3.8) is 0 Å². The minimum Gasteiger partial charge on any atom is -0.497 e. The zero-order valence-corrected chi connectivity index (χ0v) is 19.7. The molecule has 0 spiro atoms. The first kappa shape index (κ1) is 23.3. The first-order valence-electron chi connectivity index (χ1n) is 10.1. The van der Waals surface area contributed by atoms with E-state index in [0.717, 1.165) is 22.4 Å². The summed E-state index contributed by atoms with van der Waals surface area (Å²) >= 11 is 1.30. The number of ether oxygens (including phenoxy) is 1. The Morgan fingerprint density at radius 1 is 1.06 bits per heavy atom. The van der Waals surface area contributed by atoms with Gasteiger partial charge in [0.05, 0.1) is 19.4 Å². The molecule has 0 saturated heterocycles. The van der Waals surface area contributed by atoms with E-state index in [-0.39, 0.29) is 24.1 Å². The van der Waals surface area contributed by atoms with Gasteiger partial charge in [-0.3, -0.25) is 9.59 Å². The number of rotatable bonds is 8. The lowest BCUT2D eigenvalue weighted by Crippen LogP contribution is -2.24. The number of carbonyl (C=O) groups excluding carboxylic acids is 2. The lowest BCUT2D eigenvalue weighted by atomic mass is 10.1. The highest BCUT2D eigenvalue weighted by Crippen LogP contribution is 2.23. The molecule has 3 rings (SSSR count). The van der Waals surface area contributed by atoms with Crippen LogP contribution in [0, 0.1) is 20.8 Å². The topological polar surface area (TPSA) is 98.1 Å². The molecule has 0 bridgehead atoms. The van der Waals surface area contributed by atoms with Gasteiger partial charge in [0.15, 0.2) is 11.0 Å². The standard InChI is InChI=1S/C23H27N5O3S/c1-14-10-15(2)21(16(3)11-14)25-20(29)13-32-23-27-26-19(28(23)4)12-24-22(30)17-6-8-18(31-5)9-7-17/h6-11H,12-13H2,1-5H3,(H,24,30)(H,25,29). The van der Waals surface area contributed by atoms with Gasteiger partial charge in [-0.05, 0) is 56.2 Å². The Hall–Kier alpha value is -3.33. The van der Waals surface area contributed by atoms with Crippen molar-refractivity contribution in [2.45, 2.75) is 32.5 Å². The largest absolute Gasteiger partial charge is 0.497 e. The van der Waals surface area contributed by atoms with E-state index >= 15 is 0 Å². The van der Waals surface area contributed by atoms with E-state index in [1.165, 1.54) is 11.8 Å². The maximum Gasteiger partial charge on any atom is 0.251 e. The second kappa shape index (κ2) is 10.3. The quantitative estimate of drug-likeness (QED) is 0.507. The SMILES string of the molecule is COc1ccc(C(=O)NCc2nnc(SCC(=O)Nc3c(C)cc(C)cc3C)n2C)cc1. The number of hydrogen-bond donors (Lipinski definition) is 2. The second-order valence-electron chi connectivity index (χ2n) is 7.48. The molecule has 9 heteroatoms. The molecule has 32 heavy (non-hydrogen) atoms. The normalized spacial score (nSPS) is 10.7. The highest BCUT2D eigenvalue weighted by molar-refractivity contribution is 7.99. The van der Waals surface area contributed by atoms with E-state index in [0.29, 0.717) is 22.3 Å². The number of carbonyl (C=O) groups is 2. The number of thioether (sulfide) groups is 1. The molecule has 0 atom stereocenters. The molecule has 8 nitrogen and oxygen atoms in total. The first-order valence-corrected chi connectivity index (χ1v) is 11.1. The Kier molecular flexibility index (Phi) is 7.53. The summed E-state index contributed by atoms with van der Waals surface area (Å²) in [4.78, 5) is 24.8. The molecule has 2 amide bonds. The maximum atomic E-state index is 12.5. The fourth-order valence-electron chi connectivity index (χ4n) is 3.31. The summed E-state index contributed by atoms with van der Waals surface area (Å²) in [5.74, 6) is 1.17. The summed E-state index contributed by atoms with van der Waals surface area (Å²) in [6.07, 6.45) is 0. The van der Waals surface area contributed by atoms with Gasteiger partial charge in [0.2, 0.25) is 5.91 Å². The Bertz CT molecular complexity index is 1100. The van der Waals surface area contributed by atoms with Crippen LogP contribution in [0.5, 0.6) is 5.75 Å². The van der Waals surface area contributed by atoms with Crippen LogP contribution in [0.1, 0.15) is 32.9 Å². The van der Waals surface area contributed by atoms with Gasteiger partial charge in [-0.1, -0.05) is 29.5 Å². The zero-order chi connectivity index (χ0) is 23.3. The van der Waals surface area contributed by atoms with Crippen LogP contribution in [0.3, 0.4) is 0 Å². The summed E-state index contributed by atoms with van der Waals surface area (Å²) in [5, 5.41) is 14.7. The Morgan fingerprint density at radius 2 is 1.72 bits per heavy atom. The van der Waals surface area contributed by atoms with Crippen molar-refractivity contribution >= 4 is 29.3 Å². The van der Waals surface area contributed by atoms with E-state index in [9.17, 15) is 9.59 Å². The molecule has 2 aromatic carbocycles. The Morgan fingerprint density at radius 3 is 2.34 bits per heavy atom. The summed E-state index contributed by atoms with van der Waals surface area (Å²) in [6.45, 7) is 6.23. The third-order valence-corrected chi connectivity index (χ3v) is 5.98. The van der Waals surface area contributed by atoms with E-state index in [1.54, 1.807) is 35.9 Å². The van der Waals surface area contributed by atoms with Crippen molar-refractivity contribution in [1.82, 2.24) is 20.1 Å². The molecule has 0 aliphatic heterocycles. The van der Waals surface area contributed by atoms with Crippen molar-refractivity contribution < 1.29 is 14.3 Å². The zero-order valence-electron chi connectivity index (χ0n) is 18.9. The second-order valence-corrected chi connectivity index (χ2v) is 8.42. The van der Waals surface area contributed by atoms with E-state index in [2.05, 4.69) is 20.8 Å². The fraction of sp³-hybridized carbons (Fsp3) is 0.304. The third kappa shape index (κ3) is 5.67. The number of nitrogens with zero attached hydrogens (tertiary/aromatic N) is 3. The minimum absolute atomic E-state index is 0.109. The lowest BCUT2D eigenvalue weighted by Gasteiger charge is -2.12. The number of anilines is 1. The number of benzene rings is 2. The summed E-state index contributed by atoms with van der Waals surface area (Å²) in [7, 11) is 3.39. The van der Waals surface area contributed by atoms with Crippen LogP contribution in [-0.2, 0) is 18.4 Å². The fourth-order valence-corrected chi connectivity index (χ4v) is 4.04. The van der Waals surface area contributed by atoms with Gasteiger partial charge >= 0.3 is 0 Å². The molecule has 0 unspecified atom stereocenters. The minimum atomic E-state index is -0.215. The highest BCUT2D eigenvalue weighted by atomic mass is 32.2. The molecule has 1 aromatic heterocycles. The first-order chi connectivity index (χ1) is 15.3. The van der Waals surface area contributed by atoms with Crippen molar-refractivity contribution in [2.24, 2.45) is 7.05 Å². The third-order valence-electron chi connectivity index (χ3n) is 4.96. The number of hydrogen-bond acceptors (Lipinski definition) is 6. The Balaban J connectivity index is 1.54. The van der Waals surface area contributed by atoms with Gasteiger partial charge in [0.1, 0.15) is 5.75 Å². The van der Waals surface area contributed by atoms with E-state index in [4.69, 9.17) is 4.74 Å². The van der Waals surface area contributed by atoms with Crippen LogP contribution in [0.25, 0.3) is 0 Å². The summed E-state index contributed by atoms with van der Waals surface area (Å²) in [5.41, 5.74) is 4.61. The van der Waals surface area contributed by atoms with Gasteiger partial charge in [0.25, 0.3) is 5.91 Å². The van der Waals surface area contributed by atoms with Crippen molar-refractivity contribution in [1.29, 1.82) is 0 Å². The molecular formula is C23H27N5O3S. The Labute approximate surface area is 191 Å². The molecule has 0 saturated carbocycles. The van der Waals surface area contributed by atoms with Crippen molar-refractivity contribution in [3.05, 3.63) is 64.5 Å². The number of methoxy groups -OCH3 is 1. The van der Waals surface area contributed by atoms with Crippen LogP contribution in [-0.4, -0.2) is 39.4 Å². The van der Waals surface area contributed by atoms with Crippen LogP contribution < -0.4 is 15.4 Å². The van der Waals surface area contributed by atoms with Gasteiger partial charge in [-0.15, -0.1) is 10.2 Å². The van der Waals surface area contributed by atoms with Crippen molar-refractivity contribution in [2.75, 3.05) is 18.2 Å². The molecular weight excluding hydrogens is 426 g/mol. The monoisotopic (exact) mass is 453 g/mol. The summed E-state index contributed by atoms with van der Waals surface area (Å²) in [6, 6.07) is 11.0. The predicted octanol–water partition coefficient (Wildman–Crippen LogP) is 3.41. The molecule has 1 heterocycles. The van der Waals surface area contributed by atoms with E-state index < -0.39 is 0 Å². The summed E-state index contributed by atoms with van der Waals surface area (Å²) < 4.78 is 6.87. The predicted molar refractivity (Wildman–Crippen MR) is 125 cm³/mol. The van der Waals surface area contributed by atoms with Gasteiger partial charge in [0, 0.05) is 18.3 Å². The van der Waals surface area contributed by atoms with E-state index in [1.807, 2.05) is 40.0 Å². The van der Waals surface area contributed by atoms with Crippen LogP contribution in [0.4, 0.5) is 5.69 Å². The van der Waals surface area contributed by atoms with Crippen LogP contribution in [0.2, 0.25) is 0 Å². The smallest absolute Gasteiger partial charge is 0.251 e. The van der Waals surface area contributed by atoms with Gasteiger partial charge in [-0.25, -0.2) is 0 Å². The number of amides is 2. The average molecular weight is 454 g/mol. The number of aromatic nitrogens is 3. The van der Waals surface area contributed by atoms with Gasteiger partial charge < -0.3 is 19.9 Å². The molecule has 168 valence electrons. The van der Waals surface area contributed by atoms with Crippen LogP contribution >= 0.6 is 11.8 Å². The number of aryl methyl sites for hydroxylation is 3. The van der Waals surface area contributed by atoms with Crippen molar-refractivity contribution in [3.8, 4) is 5.75 Å². The molecule has 0 radical (unpaired) electrons. The molecule has 0 fully saturated rings.